The zero-order valence-electron chi connectivity index (χ0n) is 15.2. The summed E-state index contributed by atoms with van der Waals surface area (Å²) >= 11 is 0. The van der Waals surface area contributed by atoms with E-state index in [-0.39, 0.29) is 17.7 Å². The van der Waals surface area contributed by atoms with Crippen molar-refractivity contribution in [1.29, 1.82) is 5.26 Å². The first kappa shape index (κ1) is 20.4. The SMILES string of the molecule is COC(=O)c1cc(C(C#N)N(C)C(=O)OCc2ccccc2)cc([N+](=O)[O-])c1. The molecule has 0 N–H and O–H groups in total. The molecule has 1 unspecified atom stereocenters. The number of rotatable bonds is 6. The summed E-state index contributed by atoms with van der Waals surface area (Å²) in [5.74, 6) is -0.795. The number of nitrogens with zero attached hydrogens (tertiary/aromatic N) is 3. The largest absolute Gasteiger partial charge is 0.465 e. The predicted octanol–water partition coefficient (Wildman–Crippen LogP) is 3.21. The minimum absolute atomic E-state index is 0.00447. The number of ether oxygens (including phenoxy) is 2. The zero-order chi connectivity index (χ0) is 20.7. The van der Waals surface area contributed by atoms with Crippen LogP contribution in [0.5, 0.6) is 0 Å². The fourth-order valence-electron chi connectivity index (χ4n) is 2.44. The Balaban J connectivity index is 2.26. The lowest BCUT2D eigenvalue weighted by Crippen LogP contribution is -2.31. The molecule has 9 heteroatoms. The number of esters is 1. The van der Waals surface area contributed by atoms with Crippen molar-refractivity contribution in [3.8, 4) is 6.07 Å². The number of benzene rings is 2. The van der Waals surface area contributed by atoms with Gasteiger partial charge in [-0.2, -0.15) is 5.26 Å². The molecule has 0 heterocycles. The van der Waals surface area contributed by atoms with Gasteiger partial charge in [-0.1, -0.05) is 30.3 Å². The van der Waals surface area contributed by atoms with E-state index in [9.17, 15) is 25.0 Å². The number of hydrogen-bond acceptors (Lipinski definition) is 7. The Bertz CT molecular complexity index is 923. The molecule has 9 nitrogen and oxygen atoms in total. The third kappa shape index (κ3) is 4.82. The lowest BCUT2D eigenvalue weighted by Gasteiger charge is -2.22. The van der Waals surface area contributed by atoms with Gasteiger partial charge in [-0.05, 0) is 17.2 Å². The molecule has 1 atom stereocenters. The van der Waals surface area contributed by atoms with Crippen molar-refractivity contribution >= 4 is 17.7 Å². The summed E-state index contributed by atoms with van der Waals surface area (Å²) in [6, 6.07) is 13.1. The van der Waals surface area contributed by atoms with E-state index in [1.165, 1.54) is 13.1 Å². The number of methoxy groups -OCH3 is 1. The normalized spacial score (nSPS) is 11.0. The molecule has 1 amide bonds. The van der Waals surface area contributed by atoms with E-state index in [0.717, 1.165) is 29.7 Å². The summed E-state index contributed by atoms with van der Waals surface area (Å²) < 4.78 is 9.77. The van der Waals surface area contributed by atoms with E-state index in [1.54, 1.807) is 24.3 Å². The number of non-ortho nitro benzene ring substituents is 1. The minimum atomic E-state index is -1.20. The number of carbonyl (C=O) groups excluding carboxylic acids is 2. The van der Waals surface area contributed by atoms with Crippen molar-refractivity contribution in [3.05, 3.63) is 75.3 Å². The van der Waals surface area contributed by atoms with Crippen LogP contribution in [-0.4, -0.2) is 36.0 Å². The van der Waals surface area contributed by atoms with Gasteiger partial charge in [0.15, 0.2) is 0 Å². The summed E-state index contributed by atoms with van der Waals surface area (Å²) in [6.45, 7) is 0.00447. The van der Waals surface area contributed by atoms with Gasteiger partial charge in [-0.15, -0.1) is 0 Å². The zero-order valence-corrected chi connectivity index (χ0v) is 15.2. The molecule has 0 fully saturated rings. The van der Waals surface area contributed by atoms with Gasteiger partial charge in [-0.25, -0.2) is 9.59 Å². The summed E-state index contributed by atoms with van der Waals surface area (Å²) in [7, 11) is 2.47. The Morgan fingerprint density at radius 1 is 1.25 bits per heavy atom. The second kappa shape index (κ2) is 9.14. The molecule has 0 aliphatic heterocycles. The second-order valence-corrected chi connectivity index (χ2v) is 5.74. The molecule has 0 saturated carbocycles. The van der Waals surface area contributed by atoms with Crippen LogP contribution in [-0.2, 0) is 16.1 Å². The van der Waals surface area contributed by atoms with Gasteiger partial charge in [0.2, 0.25) is 0 Å². The Labute approximate surface area is 160 Å². The van der Waals surface area contributed by atoms with Crippen molar-refractivity contribution in [2.75, 3.05) is 14.2 Å². The molecule has 0 aromatic heterocycles. The van der Waals surface area contributed by atoms with Gasteiger partial charge < -0.3 is 9.47 Å². The van der Waals surface area contributed by atoms with Gasteiger partial charge in [0.25, 0.3) is 5.69 Å². The first-order valence-corrected chi connectivity index (χ1v) is 8.08. The number of carbonyl (C=O) groups is 2. The lowest BCUT2D eigenvalue weighted by molar-refractivity contribution is -0.385. The van der Waals surface area contributed by atoms with Gasteiger partial charge in [0, 0.05) is 19.2 Å². The maximum atomic E-state index is 12.3. The van der Waals surface area contributed by atoms with Crippen molar-refractivity contribution in [1.82, 2.24) is 4.90 Å². The van der Waals surface area contributed by atoms with Crippen LogP contribution in [0.3, 0.4) is 0 Å². The monoisotopic (exact) mass is 383 g/mol. The van der Waals surface area contributed by atoms with Crippen LogP contribution in [0.2, 0.25) is 0 Å². The van der Waals surface area contributed by atoms with Gasteiger partial charge in [0.1, 0.15) is 12.6 Å². The molecule has 0 aliphatic rings. The highest BCUT2D eigenvalue weighted by Gasteiger charge is 2.26. The highest BCUT2D eigenvalue weighted by molar-refractivity contribution is 5.90. The van der Waals surface area contributed by atoms with Crippen LogP contribution in [0, 0.1) is 21.4 Å². The summed E-state index contributed by atoms with van der Waals surface area (Å²) in [5, 5.41) is 20.7. The molecule has 2 aromatic rings. The van der Waals surface area contributed by atoms with E-state index in [1.807, 2.05) is 12.1 Å². The third-order valence-electron chi connectivity index (χ3n) is 3.89. The third-order valence-corrected chi connectivity index (χ3v) is 3.89. The average molecular weight is 383 g/mol. The Morgan fingerprint density at radius 3 is 2.50 bits per heavy atom. The van der Waals surface area contributed by atoms with E-state index in [0.29, 0.717) is 0 Å². The van der Waals surface area contributed by atoms with Gasteiger partial charge in [0.05, 0.1) is 23.7 Å². The molecule has 2 aromatic carbocycles. The topological polar surface area (TPSA) is 123 Å². The Kier molecular flexibility index (Phi) is 6.65. The molecule has 144 valence electrons. The Hall–Kier alpha value is -3.93. The molecule has 2 rings (SSSR count). The maximum absolute atomic E-state index is 12.3. The number of nitro benzene ring substituents is 1. The fourth-order valence-corrected chi connectivity index (χ4v) is 2.44. The first-order chi connectivity index (χ1) is 13.4. The summed E-state index contributed by atoms with van der Waals surface area (Å²) in [4.78, 5) is 35.6. The van der Waals surface area contributed by atoms with Gasteiger partial charge in [-0.3, -0.25) is 15.0 Å². The van der Waals surface area contributed by atoms with Gasteiger partial charge >= 0.3 is 12.1 Å². The minimum Gasteiger partial charge on any atom is -0.465 e. The highest BCUT2D eigenvalue weighted by atomic mass is 16.6. The van der Waals surface area contributed by atoms with E-state index in [4.69, 9.17) is 4.74 Å². The Morgan fingerprint density at radius 2 is 1.93 bits per heavy atom. The fraction of sp³-hybridized carbons (Fsp3) is 0.211. The number of hydrogen-bond donors (Lipinski definition) is 0. The standard InChI is InChI=1S/C19H17N3O6/c1-21(19(24)28-12-13-6-4-3-5-7-13)17(11-20)14-8-15(18(23)27-2)10-16(9-14)22(25)26/h3-10,17H,12H2,1-2H3. The van der Waals surface area contributed by atoms with E-state index >= 15 is 0 Å². The van der Waals surface area contributed by atoms with E-state index < -0.39 is 28.7 Å². The van der Waals surface area contributed by atoms with Crippen molar-refractivity contribution in [3.63, 3.8) is 0 Å². The summed E-state index contributed by atoms with van der Waals surface area (Å²) in [5.41, 5.74) is 0.361. The molecule has 0 bridgehead atoms. The summed E-state index contributed by atoms with van der Waals surface area (Å²) in [6.07, 6.45) is -0.790. The quantitative estimate of drug-likeness (QED) is 0.426. The molecule has 0 saturated heterocycles. The number of amides is 1. The van der Waals surface area contributed by atoms with Crippen molar-refractivity contribution < 1.29 is 24.0 Å². The maximum Gasteiger partial charge on any atom is 0.411 e. The number of nitro groups is 1. The first-order valence-electron chi connectivity index (χ1n) is 8.08. The average Bonchev–Trinajstić information content (AvgIpc) is 2.72. The lowest BCUT2D eigenvalue weighted by atomic mass is 10.0. The van der Waals surface area contributed by atoms with Crippen LogP contribution < -0.4 is 0 Å². The van der Waals surface area contributed by atoms with Crippen LogP contribution >= 0.6 is 0 Å². The molecule has 0 spiro atoms. The molecular formula is C19H17N3O6. The highest BCUT2D eigenvalue weighted by Crippen LogP contribution is 2.26. The van der Waals surface area contributed by atoms with Crippen LogP contribution in [0.1, 0.15) is 27.5 Å². The van der Waals surface area contributed by atoms with Crippen molar-refractivity contribution in [2.45, 2.75) is 12.6 Å². The van der Waals surface area contributed by atoms with Crippen LogP contribution in [0.4, 0.5) is 10.5 Å². The predicted molar refractivity (Wildman–Crippen MR) is 97.2 cm³/mol. The molecule has 0 aliphatic carbocycles. The van der Waals surface area contributed by atoms with Crippen molar-refractivity contribution in [2.24, 2.45) is 0 Å². The van der Waals surface area contributed by atoms with Crippen LogP contribution in [0.25, 0.3) is 0 Å². The number of nitriles is 1. The van der Waals surface area contributed by atoms with Crippen LogP contribution in [0.15, 0.2) is 48.5 Å². The second-order valence-electron chi connectivity index (χ2n) is 5.74. The van der Waals surface area contributed by atoms with E-state index in [2.05, 4.69) is 4.74 Å². The smallest absolute Gasteiger partial charge is 0.411 e. The molecule has 28 heavy (non-hydrogen) atoms. The molecule has 0 radical (unpaired) electrons. The molecular weight excluding hydrogens is 366 g/mol.